The molecule has 0 aliphatic rings. The Kier molecular flexibility index (Phi) is 14.5. The monoisotopic (exact) mass is 366 g/mol. The Hall–Kier alpha value is 0.766. The van der Waals surface area contributed by atoms with Crippen molar-refractivity contribution in [2.75, 3.05) is 0 Å². The second kappa shape index (κ2) is 14.0. The van der Waals surface area contributed by atoms with Crippen LogP contribution in [-0.4, -0.2) is 64.4 Å². The van der Waals surface area contributed by atoms with Gasteiger partial charge in [0.1, 0.15) is 0 Å². The van der Waals surface area contributed by atoms with Crippen molar-refractivity contribution in [1.82, 2.24) is 0 Å². The third-order valence-corrected chi connectivity index (χ3v) is 5.00. The fraction of sp³-hybridized carbons (Fsp3) is 0.667. The van der Waals surface area contributed by atoms with Gasteiger partial charge in [0.25, 0.3) is 10.1 Å². The molecule has 1 rings (SSSR count). The van der Waals surface area contributed by atoms with Gasteiger partial charge in [0.05, 0.1) is 4.90 Å². The first-order chi connectivity index (χ1) is 10.6. The van der Waals surface area contributed by atoms with Crippen molar-refractivity contribution in [2.45, 2.75) is 82.4 Å². The number of rotatable bonds is 12. The molecule has 0 aliphatic heterocycles. The van der Waals surface area contributed by atoms with Gasteiger partial charge in [-0.2, -0.15) is 8.42 Å². The quantitative estimate of drug-likeness (QED) is 0.330. The average Bonchev–Trinajstić information content (AvgIpc) is 2.48. The van der Waals surface area contributed by atoms with Crippen molar-refractivity contribution in [3.63, 3.8) is 0 Å². The van der Waals surface area contributed by atoms with E-state index in [1.165, 1.54) is 57.4 Å². The molecule has 3 nitrogen and oxygen atoms in total. The van der Waals surface area contributed by atoms with Crippen LogP contribution in [0, 0.1) is 0 Å². The van der Waals surface area contributed by atoms with Crippen LogP contribution in [0.25, 0.3) is 0 Å². The van der Waals surface area contributed by atoms with Crippen molar-refractivity contribution in [2.24, 2.45) is 0 Å². The van der Waals surface area contributed by atoms with Crippen molar-refractivity contribution < 1.29 is 13.0 Å². The zero-order valence-corrected chi connectivity index (χ0v) is 14.6. The molecule has 0 fully saturated rings. The van der Waals surface area contributed by atoms with Gasteiger partial charge in [-0.15, -0.1) is 0 Å². The molecule has 0 amide bonds. The maximum absolute atomic E-state index is 11.3. The minimum absolute atomic E-state index is 0. The Morgan fingerprint density at radius 2 is 1.30 bits per heavy atom. The molecule has 0 aromatic heterocycles. The van der Waals surface area contributed by atoms with Crippen molar-refractivity contribution in [1.29, 1.82) is 0 Å². The van der Waals surface area contributed by atoms with E-state index in [4.69, 9.17) is 0 Å². The van der Waals surface area contributed by atoms with Crippen molar-refractivity contribution in [3.8, 4) is 0 Å². The molecule has 1 N–H and O–H groups in total. The minimum atomic E-state index is -4.10. The number of unbranched alkanes of at least 4 members (excludes halogenated alkanes) is 9. The fourth-order valence-corrected chi connectivity index (χ4v) is 3.52. The summed E-state index contributed by atoms with van der Waals surface area (Å²) in [6.45, 7) is 2.24. The summed E-state index contributed by atoms with van der Waals surface area (Å²) < 4.78 is 31.8. The summed E-state index contributed by atoms with van der Waals surface area (Å²) in [5.74, 6) is 0. The molecule has 0 spiro atoms. The first-order valence-corrected chi connectivity index (χ1v) is 10.0. The summed E-state index contributed by atoms with van der Waals surface area (Å²) in [5, 5.41) is 0. The molecular weight excluding hydrogens is 335 g/mol. The molecule has 0 atom stereocenters. The van der Waals surface area contributed by atoms with Crippen LogP contribution in [0.4, 0.5) is 0 Å². The van der Waals surface area contributed by atoms with E-state index < -0.39 is 10.1 Å². The molecule has 128 valence electrons. The maximum atomic E-state index is 11.3. The number of benzene rings is 1. The molecule has 0 bridgehead atoms. The van der Waals surface area contributed by atoms with Gasteiger partial charge in [0, 0.05) is 0 Å². The van der Waals surface area contributed by atoms with Crippen molar-refractivity contribution in [3.05, 3.63) is 29.8 Å². The normalized spacial score (nSPS) is 11.2. The van der Waals surface area contributed by atoms with Crippen LogP contribution in [0.15, 0.2) is 29.2 Å². The molecule has 5 heteroatoms. The second-order valence-electron chi connectivity index (χ2n) is 6.01. The molecule has 0 heterocycles. The Labute approximate surface area is 184 Å². The van der Waals surface area contributed by atoms with E-state index in [1.807, 2.05) is 6.07 Å². The van der Waals surface area contributed by atoms with Crippen LogP contribution in [0.5, 0.6) is 0 Å². The van der Waals surface area contributed by atoms with E-state index in [1.54, 1.807) is 12.1 Å². The Morgan fingerprint density at radius 3 is 1.83 bits per heavy atom. The summed E-state index contributed by atoms with van der Waals surface area (Å²) >= 11 is 0. The fourth-order valence-electron chi connectivity index (χ4n) is 2.76. The van der Waals surface area contributed by atoms with Crippen molar-refractivity contribution >= 4 is 61.5 Å². The molecule has 0 aliphatic carbocycles. The summed E-state index contributed by atoms with van der Waals surface area (Å²) in [6.07, 6.45) is 13.3. The van der Waals surface area contributed by atoms with E-state index in [0.29, 0.717) is 6.42 Å². The SMILES string of the molecule is CCCCCCCCCCCCc1ccccc1S(=O)(=O)O.[KH]. The van der Waals surface area contributed by atoms with Gasteiger partial charge in [0.2, 0.25) is 0 Å². The van der Waals surface area contributed by atoms with E-state index in [9.17, 15) is 13.0 Å². The first kappa shape index (κ1) is 23.8. The Morgan fingerprint density at radius 1 is 0.826 bits per heavy atom. The summed E-state index contributed by atoms with van der Waals surface area (Å²) in [5.41, 5.74) is 0.726. The Balaban J connectivity index is 0.00000484. The number of hydrogen-bond donors (Lipinski definition) is 1. The van der Waals surface area contributed by atoms with Crippen LogP contribution in [0.2, 0.25) is 0 Å². The van der Waals surface area contributed by atoms with Gasteiger partial charge >= 0.3 is 51.4 Å². The predicted molar refractivity (Wildman–Crippen MR) is 99.0 cm³/mol. The molecule has 0 unspecified atom stereocenters. The molecule has 23 heavy (non-hydrogen) atoms. The Bertz CT molecular complexity index is 515. The molecule has 0 saturated carbocycles. The van der Waals surface area contributed by atoms with Gasteiger partial charge in [-0.25, -0.2) is 0 Å². The summed E-state index contributed by atoms with van der Waals surface area (Å²) in [7, 11) is -4.10. The van der Waals surface area contributed by atoms with E-state index in [2.05, 4.69) is 6.92 Å². The van der Waals surface area contributed by atoms with Gasteiger partial charge in [-0.05, 0) is 24.5 Å². The molecule has 1 aromatic carbocycles. The van der Waals surface area contributed by atoms with E-state index in [-0.39, 0.29) is 56.3 Å². The van der Waals surface area contributed by atoms with Crippen LogP contribution in [-0.2, 0) is 16.5 Å². The standard InChI is InChI=1S/C18H30O3S.K.H/c1-2-3-4-5-6-7-8-9-10-11-14-17-15-12-13-16-18(17)22(19,20)21;;/h12-13,15-16H,2-11,14H2,1H3,(H,19,20,21);;. The number of aryl methyl sites for hydroxylation is 1. The first-order valence-electron chi connectivity index (χ1n) is 8.61. The van der Waals surface area contributed by atoms with Gasteiger partial charge in [-0.1, -0.05) is 82.9 Å². The van der Waals surface area contributed by atoms with E-state index in [0.717, 1.165) is 18.4 Å². The van der Waals surface area contributed by atoms with Gasteiger partial charge in [-0.3, -0.25) is 4.55 Å². The van der Waals surface area contributed by atoms with Crippen LogP contribution in [0.1, 0.15) is 76.7 Å². The summed E-state index contributed by atoms with van der Waals surface area (Å²) in [4.78, 5) is 0.0610. The average molecular weight is 367 g/mol. The van der Waals surface area contributed by atoms with Gasteiger partial charge < -0.3 is 0 Å². The van der Waals surface area contributed by atoms with E-state index >= 15 is 0 Å². The van der Waals surface area contributed by atoms with Gasteiger partial charge in [0.15, 0.2) is 0 Å². The predicted octanol–water partition coefficient (Wildman–Crippen LogP) is 4.75. The topological polar surface area (TPSA) is 54.4 Å². The molecule has 1 aromatic rings. The molecule has 0 radical (unpaired) electrons. The number of hydrogen-bond acceptors (Lipinski definition) is 2. The molecular formula is C18H31KO3S. The third-order valence-electron chi connectivity index (χ3n) is 4.05. The zero-order valence-electron chi connectivity index (χ0n) is 13.8. The molecule has 0 saturated heterocycles. The second-order valence-corrected chi connectivity index (χ2v) is 7.40. The van der Waals surface area contributed by atoms with Crippen LogP contribution < -0.4 is 0 Å². The zero-order chi connectivity index (χ0) is 16.3. The summed E-state index contributed by atoms with van der Waals surface area (Å²) in [6, 6.07) is 6.73. The van der Waals surface area contributed by atoms with Crippen LogP contribution in [0.3, 0.4) is 0 Å². The third kappa shape index (κ3) is 11.1. The van der Waals surface area contributed by atoms with Crippen LogP contribution >= 0.6 is 0 Å².